The van der Waals surface area contributed by atoms with Gasteiger partial charge < -0.3 is 4.74 Å². The fourth-order valence-corrected chi connectivity index (χ4v) is 2.94. The number of amides is 1. The van der Waals surface area contributed by atoms with Crippen molar-refractivity contribution in [1.29, 1.82) is 0 Å². The standard InChI is InChI=1S/C14H9F3N4O2S2/c15-14(16,17)12-20-21-13(25-12)19-11(22)9-3-1-2-4-10(9)23-5-8-6-24-7-18-8/h1-4,6-7H,5H2,(H,19,21,22). The minimum Gasteiger partial charge on any atom is -0.486 e. The van der Waals surface area contributed by atoms with Crippen LogP contribution < -0.4 is 10.1 Å². The zero-order valence-corrected chi connectivity index (χ0v) is 13.9. The number of carbonyl (C=O) groups excluding carboxylic acids is 1. The lowest BCUT2D eigenvalue weighted by Gasteiger charge is -2.09. The number of thiazole rings is 1. The summed E-state index contributed by atoms with van der Waals surface area (Å²) >= 11 is 1.67. The molecule has 0 radical (unpaired) electrons. The van der Waals surface area contributed by atoms with Crippen LogP contribution in [-0.4, -0.2) is 21.1 Å². The Morgan fingerprint density at radius 2 is 2.04 bits per heavy atom. The van der Waals surface area contributed by atoms with Crippen LogP contribution in [0.3, 0.4) is 0 Å². The Labute approximate surface area is 147 Å². The van der Waals surface area contributed by atoms with Crippen LogP contribution in [0.2, 0.25) is 0 Å². The maximum atomic E-state index is 12.5. The van der Waals surface area contributed by atoms with Gasteiger partial charge in [0.15, 0.2) is 0 Å². The summed E-state index contributed by atoms with van der Waals surface area (Å²) in [5, 5.41) is 9.08. The Kier molecular flexibility index (Phi) is 4.95. The van der Waals surface area contributed by atoms with Crippen molar-refractivity contribution in [3.63, 3.8) is 0 Å². The van der Waals surface area contributed by atoms with Gasteiger partial charge in [0.2, 0.25) is 10.1 Å². The van der Waals surface area contributed by atoms with Gasteiger partial charge in [-0.15, -0.1) is 21.5 Å². The highest BCUT2D eigenvalue weighted by Crippen LogP contribution is 2.33. The minimum absolute atomic E-state index is 0.168. The Morgan fingerprint density at radius 3 is 2.72 bits per heavy atom. The summed E-state index contributed by atoms with van der Waals surface area (Å²) in [5.41, 5.74) is 2.53. The van der Waals surface area contributed by atoms with Crippen LogP contribution in [0.15, 0.2) is 35.2 Å². The van der Waals surface area contributed by atoms with E-state index in [1.165, 1.54) is 17.4 Å². The molecule has 2 heterocycles. The van der Waals surface area contributed by atoms with Crippen molar-refractivity contribution < 1.29 is 22.7 Å². The van der Waals surface area contributed by atoms with Crippen LogP contribution in [0.5, 0.6) is 5.75 Å². The van der Waals surface area contributed by atoms with E-state index in [9.17, 15) is 18.0 Å². The number of hydrogen-bond donors (Lipinski definition) is 1. The molecule has 0 saturated heterocycles. The molecule has 0 aliphatic rings. The first-order chi connectivity index (χ1) is 11.9. The van der Waals surface area contributed by atoms with Crippen LogP contribution in [-0.2, 0) is 12.8 Å². The molecule has 0 aliphatic carbocycles. The Morgan fingerprint density at radius 1 is 1.24 bits per heavy atom. The summed E-state index contributed by atoms with van der Waals surface area (Å²) in [6, 6.07) is 6.38. The van der Waals surface area contributed by atoms with E-state index < -0.39 is 17.1 Å². The lowest BCUT2D eigenvalue weighted by molar-refractivity contribution is -0.138. The second-order valence-corrected chi connectivity index (χ2v) is 6.33. The van der Waals surface area contributed by atoms with Gasteiger partial charge in [0.25, 0.3) is 5.91 Å². The molecule has 0 unspecified atom stereocenters. The molecule has 130 valence electrons. The molecule has 0 spiro atoms. The van der Waals surface area contributed by atoms with Gasteiger partial charge in [0.05, 0.1) is 16.8 Å². The SMILES string of the molecule is O=C(Nc1nnc(C(F)(F)F)s1)c1ccccc1OCc1cscn1. The average Bonchev–Trinajstić information content (AvgIpc) is 3.24. The van der Waals surface area contributed by atoms with Crippen LogP contribution in [0.4, 0.5) is 18.3 Å². The van der Waals surface area contributed by atoms with E-state index in [1.807, 2.05) is 5.38 Å². The van der Waals surface area contributed by atoms with Crippen molar-refractivity contribution in [3.8, 4) is 5.75 Å². The van der Waals surface area contributed by atoms with Crippen molar-refractivity contribution >= 4 is 33.7 Å². The van der Waals surface area contributed by atoms with Gasteiger partial charge in [-0.3, -0.25) is 10.1 Å². The van der Waals surface area contributed by atoms with Crippen LogP contribution >= 0.6 is 22.7 Å². The monoisotopic (exact) mass is 386 g/mol. The molecule has 1 aromatic carbocycles. The van der Waals surface area contributed by atoms with Crippen LogP contribution in [0, 0.1) is 0 Å². The molecule has 0 bridgehead atoms. The largest absolute Gasteiger partial charge is 0.486 e. The number of carbonyl (C=O) groups is 1. The molecule has 0 fully saturated rings. The van der Waals surface area contributed by atoms with E-state index in [1.54, 1.807) is 23.7 Å². The first-order valence-electron chi connectivity index (χ1n) is 6.74. The quantitative estimate of drug-likeness (QED) is 0.721. The molecule has 11 heteroatoms. The Balaban J connectivity index is 1.72. The van der Waals surface area contributed by atoms with Gasteiger partial charge >= 0.3 is 6.18 Å². The second kappa shape index (κ2) is 7.15. The maximum absolute atomic E-state index is 12.5. The Hall–Kier alpha value is -2.53. The zero-order chi connectivity index (χ0) is 17.9. The molecule has 2 aromatic heterocycles. The predicted octanol–water partition coefficient (Wildman–Crippen LogP) is 3.84. The van der Waals surface area contributed by atoms with Crippen molar-refractivity contribution in [2.45, 2.75) is 12.8 Å². The summed E-state index contributed by atoms with van der Waals surface area (Å²) in [4.78, 5) is 16.4. The lowest BCUT2D eigenvalue weighted by Crippen LogP contribution is -2.13. The molecule has 3 aromatic rings. The first kappa shape index (κ1) is 17.3. The smallest absolute Gasteiger partial charge is 0.445 e. The van der Waals surface area contributed by atoms with Crippen molar-refractivity contribution in [2.75, 3.05) is 5.32 Å². The van der Waals surface area contributed by atoms with Gasteiger partial charge in [0.1, 0.15) is 12.4 Å². The second-order valence-electron chi connectivity index (χ2n) is 4.63. The fraction of sp³-hybridized carbons (Fsp3) is 0.143. The van der Waals surface area contributed by atoms with Crippen LogP contribution in [0.25, 0.3) is 0 Å². The minimum atomic E-state index is -4.60. The van der Waals surface area contributed by atoms with Gasteiger partial charge in [-0.1, -0.05) is 23.5 Å². The van der Waals surface area contributed by atoms with Gasteiger partial charge in [-0.05, 0) is 12.1 Å². The number of rotatable bonds is 5. The molecule has 1 N–H and O–H groups in total. The normalized spacial score (nSPS) is 11.3. The molecule has 3 rings (SSSR count). The molecule has 0 atom stereocenters. The van der Waals surface area contributed by atoms with E-state index in [2.05, 4.69) is 20.5 Å². The number of anilines is 1. The van der Waals surface area contributed by atoms with E-state index in [0.29, 0.717) is 5.69 Å². The number of ether oxygens (including phenoxy) is 1. The average molecular weight is 386 g/mol. The van der Waals surface area contributed by atoms with E-state index in [0.717, 1.165) is 0 Å². The lowest BCUT2D eigenvalue weighted by atomic mass is 10.2. The topological polar surface area (TPSA) is 77.0 Å². The summed E-state index contributed by atoms with van der Waals surface area (Å²) in [6.45, 7) is 0.171. The Bertz CT molecular complexity index is 865. The number of benzene rings is 1. The summed E-state index contributed by atoms with van der Waals surface area (Å²) in [7, 11) is 0. The molecule has 0 aliphatic heterocycles. The van der Waals surface area contributed by atoms with Crippen molar-refractivity contribution in [3.05, 3.63) is 51.4 Å². The highest BCUT2D eigenvalue weighted by molar-refractivity contribution is 7.15. The number of halogens is 3. The molecule has 6 nitrogen and oxygen atoms in total. The molecule has 25 heavy (non-hydrogen) atoms. The fourth-order valence-electron chi connectivity index (χ4n) is 1.79. The van der Waals surface area contributed by atoms with E-state index in [4.69, 9.17) is 4.74 Å². The van der Waals surface area contributed by atoms with Crippen LogP contribution in [0.1, 0.15) is 21.1 Å². The summed E-state index contributed by atoms with van der Waals surface area (Å²) in [6.07, 6.45) is -4.60. The molecule has 1 amide bonds. The number of alkyl halides is 3. The number of nitrogens with zero attached hydrogens (tertiary/aromatic N) is 3. The summed E-state index contributed by atoms with van der Waals surface area (Å²) in [5.74, 6) is -0.354. The first-order valence-corrected chi connectivity index (χ1v) is 8.50. The predicted molar refractivity (Wildman–Crippen MR) is 85.8 cm³/mol. The van der Waals surface area contributed by atoms with E-state index in [-0.39, 0.29) is 34.4 Å². The number of aromatic nitrogens is 3. The molecular weight excluding hydrogens is 377 g/mol. The summed E-state index contributed by atoms with van der Waals surface area (Å²) < 4.78 is 43.2. The third-order valence-electron chi connectivity index (χ3n) is 2.88. The van der Waals surface area contributed by atoms with Gasteiger partial charge in [-0.2, -0.15) is 13.2 Å². The van der Waals surface area contributed by atoms with E-state index >= 15 is 0 Å². The highest BCUT2D eigenvalue weighted by Gasteiger charge is 2.35. The number of para-hydroxylation sites is 1. The van der Waals surface area contributed by atoms with Gasteiger partial charge in [-0.25, -0.2) is 4.98 Å². The van der Waals surface area contributed by atoms with Crippen molar-refractivity contribution in [2.24, 2.45) is 0 Å². The van der Waals surface area contributed by atoms with Crippen molar-refractivity contribution in [1.82, 2.24) is 15.2 Å². The number of hydrogen-bond acceptors (Lipinski definition) is 7. The maximum Gasteiger partial charge on any atom is 0.445 e. The molecular formula is C14H9F3N4O2S2. The zero-order valence-electron chi connectivity index (χ0n) is 12.3. The third-order valence-corrected chi connectivity index (χ3v) is 4.40. The highest BCUT2D eigenvalue weighted by atomic mass is 32.1. The molecule has 0 saturated carbocycles. The third kappa shape index (κ3) is 4.31. The number of nitrogens with one attached hydrogen (secondary N) is 1. The van der Waals surface area contributed by atoms with Gasteiger partial charge in [0, 0.05) is 5.38 Å².